The number of hydrogen-bond donors (Lipinski definition) is 2. The SMILES string of the molecule is CN(C)C(=O)CN=C(NCCc1cccs1)NC1CCN(c2ccccn2)C1. The number of rotatable bonds is 7. The van der Waals surface area contributed by atoms with Crippen molar-refractivity contribution >= 4 is 29.0 Å². The highest BCUT2D eigenvalue weighted by Crippen LogP contribution is 2.17. The lowest BCUT2D eigenvalue weighted by Gasteiger charge is -2.20. The number of anilines is 1. The second-order valence-corrected chi connectivity index (χ2v) is 8.01. The fourth-order valence-corrected chi connectivity index (χ4v) is 3.73. The van der Waals surface area contributed by atoms with Crippen molar-refractivity contribution in [3.05, 3.63) is 46.8 Å². The van der Waals surface area contributed by atoms with Crippen LogP contribution >= 0.6 is 11.3 Å². The number of aromatic nitrogens is 1. The van der Waals surface area contributed by atoms with Gasteiger partial charge >= 0.3 is 0 Å². The lowest BCUT2D eigenvalue weighted by Crippen LogP contribution is -2.45. The van der Waals surface area contributed by atoms with Crippen molar-refractivity contribution in [2.24, 2.45) is 4.99 Å². The highest BCUT2D eigenvalue weighted by Gasteiger charge is 2.24. The van der Waals surface area contributed by atoms with Crippen LogP contribution in [0.1, 0.15) is 11.3 Å². The molecule has 2 aromatic rings. The van der Waals surface area contributed by atoms with E-state index in [1.807, 2.05) is 24.4 Å². The summed E-state index contributed by atoms with van der Waals surface area (Å²) in [5.41, 5.74) is 0. The third-order valence-electron chi connectivity index (χ3n) is 4.62. The van der Waals surface area contributed by atoms with E-state index in [0.717, 1.165) is 38.3 Å². The topological polar surface area (TPSA) is 72.9 Å². The van der Waals surface area contributed by atoms with Crippen molar-refractivity contribution in [2.75, 3.05) is 45.2 Å². The van der Waals surface area contributed by atoms with Crippen molar-refractivity contribution in [1.29, 1.82) is 0 Å². The Hall–Kier alpha value is -2.61. The van der Waals surface area contributed by atoms with Gasteiger partial charge in [-0.2, -0.15) is 0 Å². The predicted molar refractivity (Wildman–Crippen MR) is 115 cm³/mol. The van der Waals surface area contributed by atoms with E-state index in [4.69, 9.17) is 0 Å². The van der Waals surface area contributed by atoms with Crippen molar-refractivity contribution in [3.8, 4) is 0 Å². The molecule has 8 heteroatoms. The maximum atomic E-state index is 11.9. The monoisotopic (exact) mass is 400 g/mol. The van der Waals surface area contributed by atoms with Crippen LogP contribution in [0.15, 0.2) is 46.9 Å². The van der Waals surface area contributed by atoms with Gasteiger partial charge in [0.05, 0.1) is 0 Å². The molecule has 2 N–H and O–H groups in total. The van der Waals surface area contributed by atoms with Gasteiger partial charge in [-0.05, 0) is 36.4 Å². The molecule has 1 unspecified atom stereocenters. The van der Waals surface area contributed by atoms with E-state index < -0.39 is 0 Å². The van der Waals surface area contributed by atoms with E-state index in [1.165, 1.54) is 4.88 Å². The minimum Gasteiger partial charge on any atom is -0.356 e. The van der Waals surface area contributed by atoms with E-state index in [1.54, 1.807) is 30.3 Å². The van der Waals surface area contributed by atoms with Gasteiger partial charge in [0.1, 0.15) is 12.4 Å². The molecule has 1 atom stereocenters. The Bertz CT molecular complexity index is 762. The summed E-state index contributed by atoms with van der Waals surface area (Å²) in [5.74, 6) is 1.68. The lowest BCUT2D eigenvalue weighted by atomic mass is 10.3. The third kappa shape index (κ3) is 5.95. The Balaban J connectivity index is 1.56. The Labute approximate surface area is 170 Å². The van der Waals surface area contributed by atoms with Gasteiger partial charge in [0, 0.05) is 50.8 Å². The van der Waals surface area contributed by atoms with Crippen LogP contribution in [0.25, 0.3) is 0 Å². The first-order valence-electron chi connectivity index (χ1n) is 9.55. The fourth-order valence-electron chi connectivity index (χ4n) is 3.02. The summed E-state index contributed by atoms with van der Waals surface area (Å²) < 4.78 is 0. The molecule has 2 aromatic heterocycles. The zero-order valence-corrected chi connectivity index (χ0v) is 17.3. The average Bonchev–Trinajstić information content (AvgIpc) is 3.38. The van der Waals surface area contributed by atoms with E-state index in [-0.39, 0.29) is 18.5 Å². The highest BCUT2D eigenvalue weighted by molar-refractivity contribution is 7.09. The minimum absolute atomic E-state index is 0.0131. The van der Waals surface area contributed by atoms with Gasteiger partial charge in [0.15, 0.2) is 5.96 Å². The van der Waals surface area contributed by atoms with Gasteiger partial charge in [-0.25, -0.2) is 9.98 Å². The molecule has 3 heterocycles. The standard InChI is InChI=1S/C20H28N6OS/c1-25(2)19(27)14-23-20(22-11-8-17-6-5-13-28-17)24-16-9-12-26(15-16)18-7-3-4-10-21-18/h3-7,10,13,16H,8-9,11-12,14-15H2,1-2H3,(H2,22,23,24). The van der Waals surface area contributed by atoms with Crippen LogP contribution in [0, 0.1) is 0 Å². The molecule has 0 saturated carbocycles. The molecule has 1 aliphatic rings. The number of pyridine rings is 1. The van der Waals surface area contributed by atoms with E-state index in [9.17, 15) is 4.79 Å². The summed E-state index contributed by atoms with van der Waals surface area (Å²) in [5, 5.41) is 8.95. The first kappa shape index (κ1) is 20.1. The molecule has 150 valence electrons. The van der Waals surface area contributed by atoms with Crippen LogP contribution < -0.4 is 15.5 Å². The number of aliphatic imine (C=N–C) groups is 1. The van der Waals surface area contributed by atoms with Crippen molar-refractivity contribution in [2.45, 2.75) is 18.9 Å². The molecule has 1 amide bonds. The van der Waals surface area contributed by atoms with Gasteiger partial charge in [-0.3, -0.25) is 4.79 Å². The van der Waals surface area contributed by atoms with Crippen LogP contribution in [0.2, 0.25) is 0 Å². The van der Waals surface area contributed by atoms with E-state index >= 15 is 0 Å². The van der Waals surface area contributed by atoms with Crippen LogP contribution in [0.3, 0.4) is 0 Å². The molecule has 1 aliphatic heterocycles. The largest absolute Gasteiger partial charge is 0.356 e. The molecule has 28 heavy (non-hydrogen) atoms. The smallest absolute Gasteiger partial charge is 0.243 e. The second-order valence-electron chi connectivity index (χ2n) is 6.97. The zero-order chi connectivity index (χ0) is 19.8. The van der Waals surface area contributed by atoms with Crippen LogP contribution in [0.4, 0.5) is 5.82 Å². The molecule has 0 spiro atoms. The third-order valence-corrected chi connectivity index (χ3v) is 5.55. The molecule has 0 bridgehead atoms. The number of nitrogens with one attached hydrogen (secondary N) is 2. The number of guanidine groups is 1. The fraction of sp³-hybridized carbons (Fsp3) is 0.450. The number of carbonyl (C=O) groups excluding carboxylic acids is 1. The first-order chi connectivity index (χ1) is 13.6. The number of nitrogens with zero attached hydrogens (tertiary/aromatic N) is 4. The van der Waals surface area contributed by atoms with Crippen molar-refractivity contribution < 1.29 is 4.79 Å². The van der Waals surface area contributed by atoms with Gasteiger partial charge in [-0.15, -0.1) is 11.3 Å². The molecular formula is C20H28N6OS. The molecular weight excluding hydrogens is 372 g/mol. The summed E-state index contributed by atoms with van der Waals surface area (Å²) in [6.45, 7) is 2.73. The van der Waals surface area contributed by atoms with E-state index in [0.29, 0.717) is 5.96 Å². The Morgan fingerprint density at radius 1 is 1.36 bits per heavy atom. The quantitative estimate of drug-likeness (QED) is 0.545. The number of thiophene rings is 1. The van der Waals surface area contributed by atoms with Crippen LogP contribution in [-0.4, -0.2) is 68.1 Å². The summed E-state index contributed by atoms with van der Waals surface area (Å²) in [7, 11) is 3.49. The molecule has 0 radical (unpaired) electrons. The van der Waals surface area contributed by atoms with Crippen LogP contribution in [-0.2, 0) is 11.2 Å². The van der Waals surface area contributed by atoms with Crippen LogP contribution in [0.5, 0.6) is 0 Å². The lowest BCUT2D eigenvalue weighted by molar-refractivity contribution is -0.127. The Kier molecular flexibility index (Phi) is 7.25. The molecule has 7 nitrogen and oxygen atoms in total. The Morgan fingerprint density at radius 3 is 2.96 bits per heavy atom. The molecule has 0 aromatic carbocycles. The predicted octanol–water partition coefficient (Wildman–Crippen LogP) is 1.59. The average molecular weight is 401 g/mol. The van der Waals surface area contributed by atoms with Crippen molar-refractivity contribution in [3.63, 3.8) is 0 Å². The number of amides is 1. The molecule has 3 rings (SSSR count). The summed E-state index contributed by atoms with van der Waals surface area (Å²) in [4.78, 5) is 26.0. The first-order valence-corrected chi connectivity index (χ1v) is 10.4. The molecule has 0 aliphatic carbocycles. The Morgan fingerprint density at radius 2 is 2.25 bits per heavy atom. The second kappa shape index (κ2) is 10.1. The number of hydrogen-bond acceptors (Lipinski definition) is 5. The van der Waals surface area contributed by atoms with Gasteiger partial charge < -0.3 is 20.4 Å². The summed E-state index contributed by atoms with van der Waals surface area (Å²) in [6.07, 6.45) is 3.76. The summed E-state index contributed by atoms with van der Waals surface area (Å²) >= 11 is 1.75. The van der Waals surface area contributed by atoms with E-state index in [2.05, 4.69) is 43.0 Å². The molecule has 1 saturated heterocycles. The summed E-state index contributed by atoms with van der Waals surface area (Å²) in [6, 6.07) is 10.4. The minimum atomic E-state index is -0.0131. The maximum Gasteiger partial charge on any atom is 0.243 e. The number of likely N-dealkylation sites (N-methyl/N-ethyl adjacent to an activating group) is 1. The maximum absolute atomic E-state index is 11.9. The number of carbonyl (C=O) groups is 1. The van der Waals surface area contributed by atoms with Gasteiger partial charge in [0.25, 0.3) is 0 Å². The molecule has 1 fully saturated rings. The zero-order valence-electron chi connectivity index (χ0n) is 16.5. The highest BCUT2D eigenvalue weighted by atomic mass is 32.1. The van der Waals surface area contributed by atoms with Crippen molar-refractivity contribution in [1.82, 2.24) is 20.5 Å². The van der Waals surface area contributed by atoms with Gasteiger partial charge in [0.2, 0.25) is 5.91 Å². The normalized spacial score (nSPS) is 16.9. The van der Waals surface area contributed by atoms with Gasteiger partial charge in [-0.1, -0.05) is 12.1 Å².